The van der Waals surface area contributed by atoms with E-state index in [1.54, 1.807) is 0 Å². The van der Waals surface area contributed by atoms with Gasteiger partial charge in [-0.3, -0.25) is 4.79 Å². The van der Waals surface area contributed by atoms with E-state index < -0.39 is 41.1 Å². The highest BCUT2D eigenvalue weighted by Crippen LogP contribution is 2.69. The van der Waals surface area contributed by atoms with E-state index in [0.29, 0.717) is 0 Å². The quantitative estimate of drug-likeness (QED) is 0.349. The number of halogens is 1. The highest BCUT2D eigenvalue weighted by atomic mass is 19.1. The number of ether oxygens (including phenoxy) is 2. The highest BCUT2D eigenvalue weighted by molar-refractivity contribution is 5.92. The average Bonchev–Trinajstić information content (AvgIpc) is 2.89. The number of hydrogen-bond donors (Lipinski definition) is 1. The Morgan fingerprint density at radius 1 is 1.38 bits per heavy atom. The minimum Gasteiger partial charge on any atom is -0.465 e. The zero-order valence-corrected chi connectivity index (χ0v) is 11.7. The van der Waals surface area contributed by atoms with Crippen molar-refractivity contribution in [2.24, 2.45) is 17.0 Å². The summed E-state index contributed by atoms with van der Waals surface area (Å²) in [6.45, 7) is 3.02. The average molecular weight is 301 g/mol. The zero-order valence-electron chi connectivity index (χ0n) is 11.7. The summed E-state index contributed by atoms with van der Waals surface area (Å²) in [5.74, 6) is -4.30. The number of nitrogens with zero attached hydrogens (tertiary/aromatic N) is 3. The molecule has 0 unspecified atom stereocenters. The lowest BCUT2D eigenvalue weighted by molar-refractivity contribution is -0.160. The van der Waals surface area contributed by atoms with E-state index in [-0.39, 0.29) is 19.6 Å². The van der Waals surface area contributed by atoms with Crippen LogP contribution in [-0.2, 0) is 19.1 Å². The third-order valence-electron chi connectivity index (χ3n) is 4.15. The molecule has 0 aromatic rings. The van der Waals surface area contributed by atoms with Crippen molar-refractivity contribution in [3.05, 3.63) is 10.4 Å². The van der Waals surface area contributed by atoms with Crippen LogP contribution in [0.25, 0.3) is 10.4 Å². The largest absolute Gasteiger partial charge is 0.465 e. The Labute approximate surface area is 119 Å². The first-order valence-corrected chi connectivity index (χ1v) is 6.68. The molecule has 0 saturated heterocycles. The molecule has 1 N–H and O–H groups in total. The molecule has 21 heavy (non-hydrogen) atoms. The van der Waals surface area contributed by atoms with E-state index >= 15 is 0 Å². The number of hydrogen-bond acceptors (Lipinski definition) is 6. The number of aliphatic hydroxyl groups excluding tert-OH is 1. The van der Waals surface area contributed by atoms with Gasteiger partial charge in [-0.15, -0.1) is 0 Å². The molecule has 0 amide bonds. The van der Waals surface area contributed by atoms with Gasteiger partial charge in [0, 0.05) is 16.7 Å². The van der Waals surface area contributed by atoms with Crippen LogP contribution in [-0.4, -0.2) is 47.6 Å². The smallest absolute Gasteiger partial charge is 0.344 e. The molecule has 8 nitrogen and oxygen atoms in total. The maximum atomic E-state index is 14.8. The van der Waals surface area contributed by atoms with E-state index in [2.05, 4.69) is 14.8 Å². The van der Waals surface area contributed by atoms with E-state index in [4.69, 9.17) is 10.3 Å². The molecule has 116 valence electrons. The minimum absolute atomic E-state index is 0.0135. The number of carbonyl (C=O) groups is 2. The molecule has 2 fully saturated rings. The molecule has 0 aromatic heterocycles. The Morgan fingerprint density at radius 3 is 2.48 bits per heavy atom. The van der Waals surface area contributed by atoms with Gasteiger partial charge in [0.1, 0.15) is 0 Å². The number of fused-ring (bicyclic) bond motifs is 1. The lowest BCUT2D eigenvalue weighted by Gasteiger charge is -2.29. The SMILES string of the molecule is CCOC(=O)[C@@]1(F)[C@H]2[C@@H]1C[C@H](O)[C@]2(N=[N+]=[N-])C(=O)OCC. The second-order valence-electron chi connectivity index (χ2n) is 5.06. The molecule has 9 heteroatoms. The maximum absolute atomic E-state index is 14.8. The van der Waals surface area contributed by atoms with E-state index in [9.17, 15) is 19.1 Å². The fraction of sp³-hybridized carbons (Fsp3) is 0.833. The fourth-order valence-electron chi connectivity index (χ4n) is 3.26. The van der Waals surface area contributed by atoms with Crippen LogP contribution in [0.3, 0.4) is 0 Å². The molecular weight excluding hydrogens is 285 g/mol. The van der Waals surface area contributed by atoms with E-state index in [1.807, 2.05) is 0 Å². The van der Waals surface area contributed by atoms with Crippen molar-refractivity contribution in [3.63, 3.8) is 0 Å². The predicted molar refractivity (Wildman–Crippen MR) is 66.6 cm³/mol. The van der Waals surface area contributed by atoms with Crippen LogP contribution in [0.2, 0.25) is 0 Å². The van der Waals surface area contributed by atoms with Gasteiger partial charge in [0.05, 0.1) is 19.3 Å². The minimum atomic E-state index is -2.42. The van der Waals surface area contributed by atoms with Crippen LogP contribution in [0.15, 0.2) is 5.11 Å². The number of aliphatic hydroxyl groups is 1. The Hall–Kier alpha value is -1.86. The Kier molecular flexibility index (Phi) is 3.81. The summed E-state index contributed by atoms with van der Waals surface area (Å²) < 4.78 is 24.3. The van der Waals surface area contributed by atoms with Gasteiger partial charge < -0.3 is 14.6 Å². The standard InChI is InChI=1S/C12H16FN3O5/c1-3-20-9(18)11(13)6-5-7(17)12(8(6)11,15-16-14)10(19)21-4-2/h6-8,17H,3-5H2,1-2H3/t6-,7-,8+,11-,12+/m0/s1. The first-order chi connectivity index (χ1) is 9.91. The third-order valence-corrected chi connectivity index (χ3v) is 4.15. The van der Waals surface area contributed by atoms with Crippen LogP contribution in [0, 0.1) is 11.8 Å². The van der Waals surface area contributed by atoms with Crippen LogP contribution in [0.4, 0.5) is 4.39 Å². The Bertz CT molecular complexity index is 523. The van der Waals surface area contributed by atoms with Gasteiger partial charge in [0.2, 0.25) is 5.67 Å². The molecule has 0 spiro atoms. The van der Waals surface area contributed by atoms with Gasteiger partial charge in [-0.2, -0.15) is 0 Å². The summed E-state index contributed by atoms with van der Waals surface area (Å²) in [6, 6.07) is 0. The third kappa shape index (κ3) is 1.88. The van der Waals surface area contributed by atoms with Gasteiger partial charge in [0.15, 0.2) is 5.54 Å². The number of azide groups is 1. The lowest BCUT2D eigenvalue weighted by atomic mass is 9.87. The van der Waals surface area contributed by atoms with Crippen molar-refractivity contribution >= 4 is 11.9 Å². The second kappa shape index (κ2) is 5.16. The van der Waals surface area contributed by atoms with Crippen molar-refractivity contribution in [1.29, 1.82) is 0 Å². The highest BCUT2D eigenvalue weighted by Gasteiger charge is 2.86. The molecule has 0 aromatic carbocycles. The number of carbonyl (C=O) groups excluding carboxylic acids is 2. The maximum Gasteiger partial charge on any atom is 0.344 e. The van der Waals surface area contributed by atoms with Gasteiger partial charge in [-0.25, -0.2) is 9.18 Å². The molecule has 0 heterocycles. The van der Waals surface area contributed by atoms with Crippen LogP contribution >= 0.6 is 0 Å². The van der Waals surface area contributed by atoms with Gasteiger partial charge in [0.25, 0.3) is 0 Å². The normalized spacial score (nSPS) is 39.9. The van der Waals surface area contributed by atoms with Crippen molar-refractivity contribution in [2.75, 3.05) is 13.2 Å². The van der Waals surface area contributed by atoms with E-state index in [1.165, 1.54) is 13.8 Å². The van der Waals surface area contributed by atoms with Crippen molar-refractivity contribution in [2.45, 2.75) is 37.6 Å². The van der Waals surface area contributed by atoms with E-state index in [0.717, 1.165) is 0 Å². The summed E-state index contributed by atoms with van der Waals surface area (Å²) in [5, 5.41) is 13.4. The summed E-state index contributed by atoms with van der Waals surface area (Å²) in [4.78, 5) is 26.4. The molecule has 2 saturated carbocycles. The van der Waals surface area contributed by atoms with Crippen LogP contribution < -0.4 is 0 Å². The van der Waals surface area contributed by atoms with Gasteiger partial charge in [-0.1, -0.05) is 5.11 Å². The second-order valence-corrected chi connectivity index (χ2v) is 5.06. The van der Waals surface area contributed by atoms with Crippen molar-refractivity contribution in [3.8, 4) is 0 Å². The summed E-state index contributed by atoms with van der Waals surface area (Å²) in [6.07, 6.45) is -1.56. The molecule has 2 rings (SSSR count). The number of esters is 2. The summed E-state index contributed by atoms with van der Waals surface area (Å²) >= 11 is 0. The van der Waals surface area contributed by atoms with Gasteiger partial charge in [-0.05, 0) is 25.8 Å². The molecule has 0 radical (unpaired) electrons. The molecule has 2 aliphatic carbocycles. The first kappa shape index (κ1) is 15.5. The summed E-state index contributed by atoms with van der Waals surface area (Å²) in [5.41, 5.74) is 4.14. The number of rotatable bonds is 5. The van der Waals surface area contributed by atoms with Crippen LogP contribution in [0.1, 0.15) is 20.3 Å². The molecule has 5 atom stereocenters. The molecule has 0 bridgehead atoms. The topological polar surface area (TPSA) is 122 Å². The predicted octanol–water partition coefficient (Wildman–Crippen LogP) is 0.881. The monoisotopic (exact) mass is 301 g/mol. The number of alkyl halides is 1. The van der Waals surface area contributed by atoms with Crippen molar-refractivity contribution < 1.29 is 28.6 Å². The Morgan fingerprint density at radius 2 is 1.95 bits per heavy atom. The zero-order chi connectivity index (χ0) is 15.8. The molecular formula is C12H16FN3O5. The lowest BCUT2D eigenvalue weighted by Crippen LogP contribution is -2.52. The Balaban J connectivity index is 2.39. The van der Waals surface area contributed by atoms with Gasteiger partial charge >= 0.3 is 11.9 Å². The fourth-order valence-corrected chi connectivity index (χ4v) is 3.26. The molecule has 2 aliphatic rings. The van der Waals surface area contributed by atoms with Crippen molar-refractivity contribution in [1.82, 2.24) is 0 Å². The molecule has 0 aliphatic heterocycles. The summed E-state index contributed by atoms with van der Waals surface area (Å²) in [7, 11) is 0. The van der Waals surface area contributed by atoms with Crippen LogP contribution in [0.5, 0.6) is 0 Å². The first-order valence-electron chi connectivity index (χ1n) is 6.68.